The zero-order valence-electron chi connectivity index (χ0n) is 39.0. The van der Waals surface area contributed by atoms with Gasteiger partial charge in [-0.1, -0.05) is 212 Å². The number of nitrogens with two attached hydrogens (primary N) is 1. The molecule has 0 aliphatic heterocycles. The van der Waals surface area contributed by atoms with Crippen LogP contribution in [-0.2, 0) is 19.3 Å². The molecule has 1 nitrogen and oxygen atoms in total. The van der Waals surface area contributed by atoms with Crippen LogP contribution in [0.3, 0.4) is 0 Å². The second-order valence-electron chi connectivity index (χ2n) is 12.1. The predicted octanol–water partition coefficient (Wildman–Crippen LogP) is 17.3. The molecule has 0 aliphatic rings. The smallest absolute Gasteiger partial charge is 0.00314 e. The molecule has 316 valence electrons. The molecule has 0 saturated carbocycles. The van der Waals surface area contributed by atoms with Crippen LogP contribution in [0.2, 0.25) is 0 Å². The van der Waals surface area contributed by atoms with Crippen molar-refractivity contribution in [3.8, 4) is 11.1 Å². The van der Waals surface area contributed by atoms with Crippen LogP contribution in [0.1, 0.15) is 116 Å². The minimum atomic E-state index is 0.597. The Bertz CT molecular complexity index is 1460. The summed E-state index contributed by atoms with van der Waals surface area (Å²) in [5, 5.41) is 0. The van der Waals surface area contributed by atoms with E-state index in [1.165, 1.54) is 58.0 Å². The van der Waals surface area contributed by atoms with Crippen LogP contribution in [0.5, 0.6) is 0 Å². The molecule has 0 bridgehead atoms. The van der Waals surface area contributed by atoms with Crippen molar-refractivity contribution < 1.29 is 0 Å². The van der Waals surface area contributed by atoms with Gasteiger partial charge < -0.3 is 5.73 Å². The van der Waals surface area contributed by atoms with E-state index in [1.807, 2.05) is 52.0 Å². The van der Waals surface area contributed by atoms with Crippen LogP contribution < -0.4 is 5.73 Å². The van der Waals surface area contributed by atoms with Crippen molar-refractivity contribution >= 4 is 0 Å². The Hall–Kier alpha value is -4.72. The van der Waals surface area contributed by atoms with Gasteiger partial charge in [-0.25, -0.2) is 0 Å². The van der Waals surface area contributed by atoms with E-state index < -0.39 is 0 Å². The fourth-order valence-electron chi connectivity index (χ4n) is 4.55. The van der Waals surface area contributed by atoms with Gasteiger partial charge in [0.1, 0.15) is 0 Å². The molecule has 0 radical (unpaired) electrons. The molecular formula is C56H87N. The van der Waals surface area contributed by atoms with E-state index >= 15 is 0 Å². The highest BCUT2D eigenvalue weighted by molar-refractivity contribution is 5.63. The van der Waals surface area contributed by atoms with Gasteiger partial charge in [-0.05, 0) is 106 Å². The van der Waals surface area contributed by atoms with Crippen LogP contribution in [0.25, 0.3) is 11.1 Å². The first-order valence-electron chi connectivity index (χ1n) is 21.2. The van der Waals surface area contributed by atoms with E-state index in [0.717, 1.165) is 38.5 Å². The standard InChI is InChI=1S/C17H18.C10H12.C10H18.C8H10.C4H8.2C2H6.C2H4.CH5N/c1-3-4-5-15-8-12-17(13-9-15)16-10-6-14(2)7-11-16;1-3-5-10-7-4-6-9(2)8-10;1-5-7-8-10(6-2)9(3)4;1-2-8-6-4-3-5-7-8;1-3-4-2;4*1-2/h3,6-13H,1,4-5H2,2H3;3-4,6-8H,1,5H2,2H3;7-8,10H,3,5-6H2,1-2,4H3;3-7H,2H2,1H3;3H,1,4H2,2H3;2*1-2H3;1-2H2;2H2,1H3/b;;8-7-;;;;;;. The van der Waals surface area contributed by atoms with Crippen LogP contribution >= 0.6 is 0 Å². The molecule has 4 aromatic rings. The van der Waals surface area contributed by atoms with Crippen LogP contribution in [-0.4, -0.2) is 7.05 Å². The molecule has 1 heteroatoms. The number of hydrogen-bond donors (Lipinski definition) is 1. The van der Waals surface area contributed by atoms with Gasteiger partial charge in [0.25, 0.3) is 0 Å². The fourth-order valence-corrected chi connectivity index (χ4v) is 4.55. The van der Waals surface area contributed by atoms with Gasteiger partial charge in [-0.2, -0.15) is 0 Å². The second kappa shape index (κ2) is 49.3. The highest BCUT2D eigenvalue weighted by Gasteiger charge is 2.00. The lowest BCUT2D eigenvalue weighted by Gasteiger charge is -2.07. The van der Waals surface area contributed by atoms with Gasteiger partial charge in [0.15, 0.2) is 0 Å². The predicted molar refractivity (Wildman–Crippen MR) is 269 cm³/mol. The van der Waals surface area contributed by atoms with E-state index in [1.54, 1.807) is 0 Å². The summed E-state index contributed by atoms with van der Waals surface area (Å²) in [6, 6.07) is 36.4. The lowest BCUT2D eigenvalue weighted by atomic mass is 9.98. The Morgan fingerprint density at radius 1 is 0.596 bits per heavy atom. The largest absolute Gasteiger partial charge is 0.333 e. The Morgan fingerprint density at radius 3 is 1.46 bits per heavy atom. The summed E-state index contributed by atoms with van der Waals surface area (Å²) in [6.45, 7) is 43.7. The third-order valence-electron chi connectivity index (χ3n) is 7.66. The highest BCUT2D eigenvalue weighted by Crippen LogP contribution is 2.20. The first-order chi connectivity index (χ1) is 27.7. The quantitative estimate of drug-likeness (QED) is 0.143. The van der Waals surface area contributed by atoms with Crippen molar-refractivity contribution in [3.63, 3.8) is 0 Å². The number of benzene rings is 4. The number of allylic oxidation sites excluding steroid dienone is 6. The normalized spacial score (nSPS) is 9.21. The van der Waals surface area contributed by atoms with E-state index in [9.17, 15) is 0 Å². The Kier molecular flexibility index (Phi) is 53.2. The van der Waals surface area contributed by atoms with Gasteiger partial charge in [0.05, 0.1) is 0 Å². The summed E-state index contributed by atoms with van der Waals surface area (Å²) in [4.78, 5) is 0. The van der Waals surface area contributed by atoms with Crippen LogP contribution in [0.4, 0.5) is 0 Å². The summed E-state index contributed by atoms with van der Waals surface area (Å²) >= 11 is 0. The number of hydrogen-bond acceptors (Lipinski definition) is 1. The third kappa shape index (κ3) is 38.0. The van der Waals surface area contributed by atoms with Crippen molar-refractivity contribution in [1.29, 1.82) is 0 Å². The van der Waals surface area contributed by atoms with Gasteiger partial charge in [0, 0.05) is 0 Å². The molecular weight excluding hydrogens is 687 g/mol. The second-order valence-corrected chi connectivity index (χ2v) is 12.1. The van der Waals surface area contributed by atoms with Gasteiger partial charge >= 0.3 is 0 Å². The summed E-state index contributed by atoms with van der Waals surface area (Å²) in [5.41, 5.74) is 15.1. The van der Waals surface area contributed by atoms with Crippen molar-refractivity contribution in [2.75, 3.05) is 7.05 Å². The van der Waals surface area contributed by atoms with Crippen LogP contribution in [0, 0.1) is 19.8 Å². The maximum absolute atomic E-state index is 4.50. The number of aryl methyl sites for hydroxylation is 4. The average Bonchev–Trinajstić information content (AvgIpc) is 3.27. The molecule has 4 aromatic carbocycles. The molecule has 0 saturated heterocycles. The molecule has 4 rings (SSSR count). The van der Waals surface area contributed by atoms with E-state index in [2.05, 4.69) is 203 Å². The highest BCUT2D eigenvalue weighted by atomic mass is 14.4. The first kappa shape index (κ1) is 61.5. The lowest BCUT2D eigenvalue weighted by Crippen LogP contribution is -1.93. The van der Waals surface area contributed by atoms with Gasteiger partial charge in [0.2, 0.25) is 0 Å². The summed E-state index contributed by atoms with van der Waals surface area (Å²) in [6.07, 6.45) is 17.9. The lowest BCUT2D eigenvalue weighted by molar-refractivity contribution is 0.727. The van der Waals surface area contributed by atoms with Crippen LogP contribution in [0.15, 0.2) is 179 Å². The van der Waals surface area contributed by atoms with E-state index in [4.69, 9.17) is 0 Å². The first-order valence-corrected chi connectivity index (χ1v) is 21.2. The van der Waals surface area contributed by atoms with Crippen molar-refractivity contribution in [3.05, 3.63) is 206 Å². The molecule has 0 amide bonds. The summed E-state index contributed by atoms with van der Waals surface area (Å²) in [7, 11) is 1.50. The molecule has 0 aromatic heterocycles. The zero-order valence-corrected chi connectivity index (χ0v) is 39.0. The SMILES string of the molecule is C=C.C=C(C)C(/C=C\CC)CC.C=CCC.C=CCCc1ccc(-c2ccc(C)cc2)cc1.C=CCc1cccc(C)c1.CC.CC.CCc1ccccc1.CN. The zero-order chi connectivity index (χ0) is 44.7. The minimum absolute atomic E-state index is 0.597. The van der Waals surface area contributed by atoms with E-state index in [-0.39, 0.29) is 0 Å². The fraction of sp³-hybridized carbons (Fsp3) is 0.357. The number of rotatable bonds is 12. The summed E-state index contributed by atoms with van der Waals surface area (Å²) in [5.74, 6) is 0.597. The van der Waals surface area contributed by atoms with Crippen molar-refractivity contribution in [2.24, 2.45) is 11.7 Å². The average molecular weight is 774 g/mol. The van der Waals surface area contributed by atoms with Crippen molar-refractivity contribution in [1.82, 2.24) is 0 Å². The molecule has 1 atom stereocenters. The Morgan fingerprint density at radius 2 is 1.09 bits per heavy atom. The molecule has 0 aliphatic carbocycles. The molecule has 1 unspecified atom stereocenters. The molecule has 57 heavy (non-hydrogen) atoms. The Balaban J connectivity index is -0.000000199. The molecule has 0 fully saturated rings. The molecule has 0 spiro atoms. The topological polar surface area (TPSA) is 26.0 Å². The third-order valence-corrected chi connectivity index (χ3v) is 7.66. The minimum Gasteiger partial charge on any atom is -0.333 e. The van der Waals surface area contributed by atoms with Crippen molar-refractivity contribution in [2.45, 2.75) is 121 Å². The maximum atomic E-state index is 4.50. The van der Waals surface area contributed by atoms with E-state index in [0.29, 0.717) is 5.92 Å². The molecule has 0 heterocycles. The maximum Gasteiger partial charge on any atom is -0.00314 e. The molecule has 2 N–H and O–H groups in total. The monoisotopic (exact) mass is 774 g/mol. The Labute approximate surface area is 356 Å². The van der Waals surface area contributed by atoms with Gasteiger partial charge in [-0.15, -0.1) is 32.9 Å². The van der Waals surface area contributed by atoms with Gasteiger partial charge in [-0.3, -0.25) is 0 Å². The summed E-state index contributed by atoms with van der Waals surface area (Å²) < 4.78 is 0.